The Kier molecular flexibility index (Phi) is 5.03. The summed E-state index contributed by atoms with van der Waals surface area (Å²) in [6.07, 6.45) is 0. The van der Waals surface area contributed by atoms with Crippen LogP contribution in [0.4, 0.5) is 5.69 Å². The highest BCUT2D eigenvalue weighted by Crippen LogP contribution is 2.31. The van der Waals surface area contributed by atoms with Crippen LogP contribution in [0.2, 0.25) is 0 Å². The number of rotatable bonds is 4. The second-order valence-corrected chi connectivity index (χ2v) is 8.21. The number of aryl methyl sites for hydroxylation is 3. The van der Waals surface area contributed by atoms with Gasteiger partial charge in [-0.1, -0.05) is 6.07 Å². The van der Waals surface area contributed by atoms with Gasteiger partial charge >= 0.3 is 0 Å². The van der Waals surface area contributed by atoms with Gasteiger partial charge in [0, 0.05) is 34.8 Å². The molecule has 4 aromatic rings. The van der Waals surface area contributed by atoms with Crippen molar-refractivity contribution < 1.29 is 4.79 Å². The Bertz CT molecular complexity index is 1240. The number of hydrogen-bond acceptors (Lipinski definition) is 4. The molecule has 0 saturated carbocycles. The first kappa shape index (κ1) is 19.1. The molecule has 0 radical (unpaired) electrons. The number of anilines is 1. The number of pyridine rings is 1. The van der Waals surface area contributed by atoms with Gasteiger partial charge < -0.3 is 9.88 Å². The van der Waals surface area contributed by atoms with Gasteiger partial charge in [-0.2, -0.15) is 0 Å². The van der Waals surface area contributed by atoms with E-state index in [1.54, 1.807) is 11.3 Å². The molecule has 0 aliphatic heterocycles. The second-order valence-electron chi connectivity index (χ2n) is 7.18. The van der Waals surface area contributed by atoms with Gasteiger partial charge in [-0.3, -0.25) is 9.59 Å². The molecule has 5 nitrogen and oxygen atoms in total. The van der Waals surface area contributed by atoms with Crippen molar-refractivity contribution in [1.82, 2.24) is 9.55 Å². The SMILES string of the molecule is Cc1ccc2nc(-c3ccc(NC(=O)Cn4c(C)cc(=O)cc4C)cc3)sc2c1. The smallest absolute Gasteiger partial charge is 0.244 e. The zero-order valence-electron chi connectivity index (χ0n) is 16.5. The summed E-state index contributed by atoms with van der Waals surface area (Å²) >= 11 is 1.66. The van der Waals surface area contributed by atoms with E-state index in [1.807, 2.05) is 48.7 Å². The summed E-state index contributed by atoms with van der Waals surface area (Å²) in [4.78, 5) is 28.7. The quantitative estimate of drug-likeness (QED) is 0.538. The molecule has 2 aromatic heterocycles. The van der Waals surface area contributed by atoms with Crippen molar-refractivity contribution in [1.29, 1.82) is 0 Å². The molecule has 0 aliphatic rings. The lowest BCUT2D eigenvalue weighted by Gasteiger charge is -2.14. The maximum atomic E-state index is 12.5. The van der Waals surface area contributed by atoms with Crippen LogP contribution in [-0.4, -0.2) is 15.5 Å². The molecule has 0 atom stereocenters. The number of carbonyl (C=O) groups excluding carboxylic acids is 1. The third-order valence-electron chi connectivity index (χ3n) is 4.82. The van der Waals surface area contributed by atoms with Gasteiger partial charge in [0.1, 0.15) is 11.6 Å². The van der Waals surface area contributed by atoms with E-state index >= 15 is 0 Å². The molecule has 29 heavy (non-hydrogen) atoms. The van der Waals surface area contributed by atoms with Crippen molar-refractivity contribution in [2.75, 3.05) is 5.32 Å². The molecule has 0 spiro atoms. The van der Waals surface area contributed by atoms with Gasteiger partial charge in [0.15, 0.2) is 5.43 Å². The lowest BCUT2D eigenvalue weighted by Crippen LogP contribution is -2.23. The van der Waals surface area contributed by atoms with Gasteiger partial charge in [-0.15, -0.1) is 11.3 Å². The molecule has 0 aliphatic carbocycles. The van der Waals surface area contributed by atoms with Crippen molar-refractivity contribution >= 4 is 33.1 Å². The van der Waals surface area contributed by atoms with Gasteiger partial charge in [0.05, 0.1) is 10.2 Å². The van der Waals surface area contributed by atoms with Crippen LogP contribution in [0, 0.1) is 20.8 Å². The van der Waals surface area contributed by atoms with E-state index in [4.69, 9.17) is 4.98 Å². The zero-order chi connectivity index (χ0) is 20.5. The largest absolute Gasteiger partial charge is 0.340 e. The first-order chi connectivity index (χ1) is 13.9. The van der Waals surface area contributed by atoms with E-state index < -0.39 is 0 Å². The lowest BCUT2D eigenvalue weighted by atomic mass is 10.2. The Morgan fingerprint density at radius 3 is 2.38 bits per heavy atom. The molecule has 0 fully saturated rings. The maximum absolute atomic E-state index is 12.5. The second kappa shape index (κ2) is 7.64. The summed E-state index contributed by atoms with van der Waals surface area (Å²) in [5.74, 6) is -0.136. The van der Waals surface area contributed by atoms with E-state index in [1.165, 1.54) is 22.4 Å². The van der Waals surface area contributed by atoms with Crippen molar-refractivity contribution in [3.63, 3.8) is 0 Å². The predicted molar refractivity (Wildman–Crippen MR) is 119 cm³/mol. The monoisotopic (exact) mass is 403 g/mol. The summed E-state index contributed by atoms with van der Waals surface area (Å²) in [5.41, 5.74) is 5.47. The third kappa shape index (κ3) is 4.12. The van der Waals surface area contributed by atoms with Crippen LogP contribution in [-0.2, 0) is 11.3 Å². The first-order valence-corrected chi connectivity index (χ1v) is 10.2. The molecule has 2 aromatic carbocycles. The first-order valence-electron chi connectivity index (χ1n) is 9.34. The zero-order valence-corrected chi connectivity index (χ0v) is 17.3. The molecule has 6 heteroatoms. The maximum Gasteiger partial charge on any atom is 0.244 e. The molecule has 146 valence electrons. The van der Waals surface area contributed by atoms with Crippen LogP contribution >= 0.6 is 11.3 Å². The number of aromatic nitrogens is 2. The number of carbonyl (C=O) groups is 1. The average Bonchev–Trinajstić information content (AvgIpc) is 3.08. The van der Waals surface area contributed by atoms with Crippen LogP contribution in [0.15, 0.2) is 59.4 Å². The molecule has 2 heterocycles. The Hall–Kier alpha value is -3.25. The highest BCUT2D eigenvalue weighted by atomic mass is 32.1. The van der Waals surface area contributed by atoms with Crippen LogP contribution in [0.3, 0.4) is 0 Å². The third-order valence-corrected chi connectivity index (χ3v) is 5.88. The minimum atomic E-state index is -0.136. The fraction of sp³-hybridized carbons (Fsp3) is 0.174. The Labute approximate surface area is 172 Å². The van der Waals surface area contributed by atoms with Gasteiger partial charge in [-0.25, -0.2) is 4.98 Å². The van der Waals surface area contributed by atoms with E-state index in [2.05, 4.69) is 24.4 Å². The van der Waals surface area contributed by atoms with Crippen LogP contribution in [0.1, 0.15) is 17.0 Å². The van der Waals surface area contributed by atoms with Crippen molar-refractivity contribution in [2.45, 2.75) is 27.3 Å². The summed E-state index contributed by atoms with van der Waals surface area (Å²) in [6.45, 7) is 5.90. The van der Waals surface area contributed by atoms with Gasteiger partial charge in [-0.05, 0) is 62.7 Å². The van der Waals surface area contributed by atoms with Gasteiger partial charge in [0.2, 0.25) is 5.91 Å². The molecule has 1 N–H and O–H groups in total. The molecule has 1 amide bonds. The minimum Gasteiger partial charge on any atom is -0.340 e. The molecular weight excluding hydrogens is 382 g/mol. The highest BCUT2D eigenvalue weighted by molar-refractivity contribution is 7.21. The Morgan fingerprint density at radius 2 is 1.69 bits per heavy atom. The summed E-state index contributed by atoms with van der Waals surface area (Å²) < 4.78 is 3.00. The van der Waals surface area contributed by atoms with Crippen LogP contribution in [0.5, 0.6) is 0 Å². The predicted octanol–water partition coefficient (Wildman–Crippen LogP) is 4.69. The number of hydrogen-bond donors (Lipinski definition) is 1. The number of benzene rings is 2. The standard InChI is InChI=1S/C23H21N3O2S/c1-14-4-9-20-21(10-14)29-23(25-20)17-5-7-18(8-6-17)24-22(28)13-26-15(2)11-19(27)12-16(26)3/h4-12H,13H2,1-3H3,(H,24,28). The normalized spacial score (nSPS) is 11.0. The summed E-state index contributed by atoms with van der Waals surface area (Å²) in [5, 5.41) is 3.88. The van der Waals surface area contributed by atoms with Crippen molar-refractivity contribution in [3.8, 4) is 10.6 Å². The molecule has 0 saturated heterocycles. The number of amides is 1. The highest BCUT2D eigenvalue weighted by Gasteiger charge is 2.10. The minimum absolute atomic E-state index is 0.0442. The fourth-order valence-corrected chi connectivity index (χ4v) is 4.40. The molecular formula is C23H21N3O2S. The number of thiazole rings is 1. The number of fused-ring (bicyclic) bond motifs is 1. The average molecular weight is 404 g/mol. The van der Waals surface area contributed by atoms with E-state index in [0.29, 0.717) is 0 Å². The molecule has 0 unspecified atom stereocenters. The van der Waals surface area contributed by atoms with Crippen LogP contribution in [0.25, 0.3) is 20.8 Å². The van der Waals surface area contributed by atoms with E-state index in [0.717, 1.165) is 33.2 Å². The van der Waals surface area contributed by atoms with Crippen molar-refractivity contribution in [3.05, 3.63) is 81.8 Å². The summed E-state index contributed by atoms with van der Waals surface area (Å²) in [7, 11) is 0. The topological polar surface area (TPSA) is 64.0 Å². The van der Waals surface area contributed by atoms with Crippen molar-refractivity contribution in [2.24, 2.45) is 0 Å². The number of nitrogens with one attached hydrogen (secondary N) is 1. The lowest BCUT2D eigenvalue weighted by molar-refractivity contribution is -0.116. The summed E-state index contributed by atoms with van der Waals surface area (Å²) in [6, 6.07) is 17.0. The van der Waals surface area contributed by atoms with Crippen LogP contribution < -0.4 is 10.7 Å². The van der Waals surface area contributed by atoms with Gasteiger partial charge in [0.25, 0.3) is 0 Å². The van der Waals surface area contributed by atoms with E-state index in [-0.39, 0.29) is 17.9 Å². The van der Waals surface area contributed by atoms with E-state index in [9.17, 15) is 9.59 Å². The Morgan fingerprint density at radius 1 is 1.00 bits per heavy atom. The Balaban J connectivity index is 1.49. The molecule has 0 bridgehead atoms. The molecule has 4 rings (SSSR count). The number of nitrogens with zero attached hydrogens (tertiary/aromatic N) is 2. The fourth-order valence-electron chi connectivity index (χ4n) is 3.33.